The first-order chi connectivity index (χ1) is 5.00. The van der Waals surface area contributed by atoms with Crippen LogP contribution in [0, 0.1) is 6.07 Å². The smallest absolute Gasteiger partial charge is 0.244 e. The highest BCUT2D eigenvalue weighted by molar-refractivity contribution is 6.29. The number of pyridine rings is 1. The number of alkyl halides is 3. The fourth-order valence-electron chi connectivity index (χ4n) is 0.525. The zero-order valence-corrected chi connectivity index (χ0v) is 5.87. The Morgan fingerprint density at radius 2 is 2.09 bits per heavy atom. The van der Waals surface area contributed by atoms with Crippen LogP contribution in [-0.4, -0.2) is 4.98 Å². The topological polar surface area (TPSA) is 12.9 Å². The van der Waals surface area contributed by atoms with E-state index in [1.807, 2.05) is 6.07 Å². The normalized spacial score (nSPS) is 11.6. The van der Waals surface area contributed by atoms with Gasteiger partial charge in [0.1, 0.15) is 5.15 Å². The van der Waals surface area contributed by atoms with Crippen LogP contribution in [0.5, 0.6) is 0 Å². The average molecular weight is 181 g/mol. The van der Waals surface area contributed by atoms with E-state index in [9.17, 15) is 13.2 Å². The molecule has 5 heteroatoms. The summed E-state index contributed by atoms with van der Waals surface area (Å²) in [6.45, 7) is 0. The molecule has 0 amide bonds. The SMILES string of the molecule is FC(F)(F)c1[c]cnc(Cl)c1. The van der Waals surface area contributed by atoms with E-state index in [-0.39, 0.29) is 5.15 Å². The lowest BCUT2D eigenvalue weighted by Crippen LogP contribution is -2.04. The fourth-order valence-corrected chi connectivity index (χ4v) is 0.683. The van der Waals surface area contributed by atoms with Crippen molar-refractivity contribution in [2.45, 2.75) is 6.18 Å². The standard InChI is InChI=1S/C6H2ClF3N/c7-5-3-4(1-2-11-5)6(8,9)10/h2-3H. The molecule has 1 aromatic rings. The Labute approximate surface area is 65.8 Å². The fraction of sp³-hybridized carbons (Fsp3) is 0.167. The second-order valence-electron chi connectivity index (χ2n) is 1.78. The summed E-state index contributed by atoms with van der Waals surface area (Å²) in [6.07, 6.45) is -3.50. The first-order valence-electron chi connectivity index (χ1n) is 2.60. The van der Waals surface area contributed by atoms with Crippen molar-refractivity contribution in [3.8, 4) is 0 Å². The Morgan fingerprint density at radius 1 is 1.45 bits per heavy atom. The Morgan fingerprint density at radius 3 is 2.45 bits per heavy atom. The Balaban J connectivity index is 3.06. The molecule has 0 saturated heterocycles. The molecule has 1 heterocycles. The molecule has 1 rings (SSSR count). The van der Waals surface area contributed by atoms with E-state index >= 15 is 0 Å². The lowest BCUT2D eigenvalue weighted by Gasteiger charge is -2.04. The number of rotatable bonds is 0. The van der Waals surface area contributed by atoms with Crippen molar-refractivity contribution in [1.29, 1.82) is 0 Å². The average Bonchev–Trinajstić information content (AvgIpc) is 1.86. The van der Waals surface area contributed by atoms with Crippen LogP contribution in [0.2, 0.25) is 5.15 Å². The second-order valence-corrected chi connectivity index (χ2v) is 2.17. The molecular weight excluding hydrogens is 179 g/mol. The van der Waals surface area contributed by atoms with Gasteiger partial charge in [0.15, 0.2) is 0 Å². The van der Waals surface area contributed by atoms with Crippen LogP contribution >= 0.6 is 11.6 Å². The van der Waals surface area contributed by atoms with Gasteiger partial charge in [-0.15, -0.1) is 0 Å². The van der Waals surface area contributed by atoms with E-state index in [1.165, 1.54) is 0 Å². The Kier molecular flexibility index (Phi) is 2.04. The largest absolute Gasteiger partial charge is 0.417 e. The van der Waals surface area contributed by atoms with Gasteiger partial charge in [-0.25, -0.2) is 4.98 Å². The number of nitrogens with zero attached hydrogens (tertiary/aromatic N) is 1. The van der Waals surface area contributed by atoms with Gasteiger partial charge in [-0.05, 0) is 6.07 Å². The molecule has 0 bridgehead atoms. The summed E-state index contributed by atoms with van der Waals surface area (Å²) in [6, 6.07) is 2.65. The van der Waals surface area contributed by atoms with Crippen molar-refractivity contribution in [3.63, 3.8) is 0 Å². The summed E-state index contributed by atoms with van der Waals surface area (Å²) >= 11 is 5.22. The highest BCUT2D eigenvalue weighted by Crippen LogP contribution is 2.29. The predicted molar refractivity (Wildman–Crippen MR) is 33.1 cm³/mol. The van der Waals surface area contributed by atoms with Crippen LogP contribution in [-0.2, 0) is 6.18 Å². The monoisotopic (exact) mass is 180 g/mol. The van der Waals surface area contributed by atoms with Crippen LogP contribution in [0.25, 0.3) is 0 Å². The van der Waals surface area contributed by atoms with Gasteiger partial charge in [0, 0.05) is 12.3 Å². The molecule has 0 aromatic carbocycles. The highest BCUT2D eigenvalue weighted by atomic mass is 35.5. The van der Waals surface area contributed by atoms with Gasteiger partial charge in [-0.3, -0.25) is 0 Å². The molecule has 1 radical (unpaired) electrons. The van der Waals surface area contributed by atoms with E-state index in [1.54, 1.807) is 0 Å². The molecule has 0 N–H and O–H groups in total. The van der Waals surface area contributed by atoms with Crippen LogP contribution in [0.1, 0.15) is 5.56 Å². The summed E-state index contributed by atoms with van der Waals surface area (Å²) in [4.78, 5) is 3.36. The van der Waals surface area contributed by atoms with Gasteiger partial charge in [0.25, 0.3) is 0 Å². The lowest BCUT2D eigenvalue weighted by molar-refractivity contribution is -0.137. The minimum atomic E-state index is -4.40. The van der Waals surface area contributed by atoms with E-state index in [2.05, 4.69) is 4.98 Å². The van der Waals surface area contributed by atoms with Gasteiger partial charge in [0.05, 0.1) is 5.56 Å². The molecule has 59 valence electrons. The minimum Gasteiger partial charge on any atom is -0.244 e. The first kappa shape index (κ1) is 8.33. The van der Waals surface area contributed by atoms with Crippen molar-refractivity contribution in [3.05, 3.63) is 29.0 Å². The zero-order chi connectivity index (χ0) is 8.48. The molecule has 0 spiro atoms. The molecule has 1 aromatic heterocycles. The maximum atomic E-state index is 11.9. The number of halogens is 4. The van der Waals surface area contributed by atoms with Crippen LogP contribution < -0.4 is 0 Å². The van der Waals surface area contributed by atoms with Gasteiger partial charge in [-0.2, -0.15) is 13.2 Å². The summed E-state index contributed by atoms with van der Waals surface area (Å²) in [5, 5.41) is -0.184. The Bertz CT molecular complexity index is 258. The maximum absolute atomic E-state index is 11.9. The van der Waals surface area contributed by atoms with Crippen LogP contribution in [0.4, 0.5) is 13.2 Å². The van der Waals surface area contributed by atoms with Crippen LogP contribution in [0.3, 0.4) is 0 Å². The molecule has 1 nitrogen and oxygen atoms in total. The van der Waals surface area contributed by atoms with Gasteiger partial charge >= 0.3 is 6.18 Å². The maximum Gasteiger partial charge on any atom is 0.417 e. The van der Waals surface area contributed by atoms with Crippen molar-refractivity contribution in [2.75, 3.05) is 0 Å². The van der Waals surface area contributed by atoms with E-state index in [0.717, 1.165) is 12.3 Å². The molecule has 0 aliphatic rings. The van der Waals surface area contributed by atoms with Gasteiger partial charge < -0.3 is 0 Å². The lowest BCUT2D eigenvalue weighted by atomic mass is 10.3. The quantitative estimate of drug-likeness (QED) is 0.559. The third kappa shape index (κ3) is 2.08. The number of hydrogen-bond acceptors (Lipinski definition) is 1. The summed E-state index contributed by atoms with van der Waals surface area (Å²) in [5.41, 5.74) is -0.905. The minimum absolute atomic E-state index is 0.184. The summed E-state index contributed by atoms with van der Waals surface area (Å²) < 4.78 is 35.6. The highest BCUT2D eigenvalue weighted by Gasteiger charge is 2.30. The summed E-state index contributed by atoms with van der Waals surface area (Å²) in [5.74, 6) is 0. The van der Waals surface area contributed by atoms with Crippen LogP contribution in [0.15, 0.2) is 12.3 Å². The predicted octanol–water partition coefficient (Wildman–Crippen LogP) is 2.55. The molecule has 0 fully saturated rings. The third-order valence-corrected chi connectivity index (χ3v) is 1.18. The van der Waals surface area contributed by atoms with Crippen molar-refractivity contribution < 1.29 is 13.2 Å². The molecule has 0 aliphatic carbocycles. The van der Waals surface area contributed by atoms with Crippen molar-refractivity contribution >= 4 is 11.6 Å². The van der Waals surface area contributed by atoms with Crippen molar-refractivity contribution in [1.82, 2.24) is 4.98 Å². The van der Waals surface area contributed by atoms with E-state index < -0.39 is 11.7 Å². The number of aromatic nitrogens is 1. The Hall–Kier alpha value is -0.770. The van der Waals surface area contributed by atoms with E-state index in [0.29, 0.717) is 0 Å². The van der Waals surface area contributed by atoms with E-state index in [4.69, 9.17) is 11.6 Å². The molecular formula is C6H2ClF3N. The van der Waals surface area contributed by atoms with Gasteiger partial charge in [0.2, 0.25) is 0 Å². The molecule has 0 unspecified atom stereocenters. The van der Waals surface area contributed by atoms with Gasteiger partial charge in [-0.1, -0.05) is 11.6 Å². The third-order valence-electron chi connectivity index (χ3n) is 0.977. The summed E-state index contributed by atoms with van der Waals surface area (Å²) in [7, 11) is 0. The second kappa shape index (κ2) is 2.70. The molecule has 0 atom stereocenters. The molecule has 11 heavy (non-hydrogen) atoms. The zero-order valence-electron chi connectivity index (χ0n) is 5.11. The molecule has 0 aliphatic heterocycles. The molecule has 0 saturated carbocycles. The number of hydrogen-bond donors (Lipinski definition) is 0. The first-order valence-corrected chi connectivity index (χ1v) is 2.98. The van der Waals surface area contributed by atoms with Crippen molar-refractivity contribution in [2.24, 2.45) is 0 Å².